The maximum absolute atomic E-state index is 12.3. The number of azide groups is 1. The maximum atomic E-state index is 12.3. The average molecular weight is 505 g/mol. The minimum absolute atomic E-state index is 0.133. The molecular formula is C21H28N8O3S2. The Morgan fingerprint density at radius 1 is 1.35 bits per heavy atom. The summed E-state index contributed by atoms with van der Waals surface area (Å²) in [4.78, 5) is 32.1. The van der Waals surface area contributed by atoms with E-state index < -0.39 is 4.92 Å². The fourth-order valence-corrected chi connectivity index (χ4v) is 4.80. The molecule has 0 aliphatic heterocycles. The smallest absolute Gasteiger partial charge is 0.292 e. The summed E-state index contributed by atoms with van der Waals surface area (Å²) in [7, 11) is 4.88. The van der Waals surface area contributed by atoms with Crippen LogP contribution in [0.25, 0.3) is 10.4 Å². The molecule has 0 aliphatic rings. The van der Waals surface area contributed by atoms with Crippen molar-refractivity contribution in [2.24, 2.45) is 5.11 Å². The number of hydrogen-bond donors (Lipinski definition) is 2. The summed E-state index contributed by atoms with van der Waals surface area (Å²) in [6.07, 6.45) is 3.64. The molecule has 2 rings (SSSR count). The molecule has 0 bridgehead atoms. The van der Waals surface area contributed by atoms with Gasteiger partial charge in [-0.05, 0) is 78.5 Å². The van der Waals surface area contributed by atoms with Crippen LogP contribution < -0.4 is 10.0 Å². The second kappa shape index (κ2) is 15.1. The summed E-state index contributed by atoms with van der Waals surface area (Å²) in [5, 5.41) is 18.6. The van der Waals surface area contributed by atoms with Crippen molar-refractivity contribution in [2.75, 3.05) is 32.0 Å². The molecule has 11 nitrogen and oxygen atoms in total. The second-order valence-corrected chi connectivity index (χ2v) is 9.33. The first kappa shape index (κ1) is 27.4. The molecular weight excluding hydrogens is 476 g/mol. The van der Waals surface area contributed by atoms with Gasteiger partial charge in [0.1, 0.15) is 16.5 Å². The number of ketones is 1. The van der Waals surface area contributed by atoms with Crippen molar-refractivity contribution in [3.63, 3.8) is 0 Å². The van der Waals surface area contributed by atoms with Crippen molar-refractivity contribution in [1.29, 1.82) is 0 Å². The third-order valence-corrected chi connectivity index (χ3v) is 6.79. The Kier molecular flexibility index (Phi) is 12.2. The SMILES string of the molecule is CCC(=O)C(CCN(C)CCCNc1ccc(N=[N+]=[N-])cc1[N+](=O)[O-])NSSc1ccccn1. The van der Waals surface area contributed by atoms with Crippen LogP contribution in [-0.2, 0) is 4.79 Å². The average Bonchev–Trinajstić information content (AvgIpc) is 2.84. The van der Waals surface area contributed by atoms with Gasteiger partial charge in [0.25, 0.3) is 5.69 Å². The summed E-state index contributed by atoms with van der Waals surface area (Å²) in [5.74, 6) is 0.167. The number of aromatic nitrogens is 1. The molecule has 13 heteroatoms. The van der Waals surface area contributed by atoms with Gasteiger partial charge < -0.3 is 10.2 Å². The summed E-state index contributed by atoms with van der Waals surface area (Å²) in [6, 6.07) is 9.77. The number of rotatable bonds is 16. The van der Waals surface area contributed by atoms with E-state index in [1.807, 2.05) is 32.2 Å². The van der Waals surface area contributed by atoms with Gasteiger partial charge in [-0.25, -0.2) is 9.71 Å². The van der Waals surface area contributed by atoms with E-state index in [9.17, 15) is 14.9 Å². The number of nitrogens with one attached hydrogen (secondary N) is 2. The van der Waals surface area contributed by atoms with Gasteiger partial charge in [0.05, 0.1) is 11.0 Å². The van der Waals surface area contributed by atoms with E-state index >= 15 is 0 Å². The van der Waals surface area contributed by atoms with Crippen molar-refractivity contribution in [1.82, 2.24) is 14.6 Å². The Labute approximate surface area is 206 Å². The van der Waals surface area contributed by atoms with E-state index in [0.717, 1.165) is 24.5 Å². The fraction of sp³-hybridized carbons (Fsp3) is 0.429. The molecule has 0 aliphatic carbocycles. The highest BCUT2D eigenvalue weighted by molar-refractivity contribution is 8.76. The highest BCUT2D eigenvalue weighted by Gasteiger charge is 2.18. The van der Waals surface area contributed by atoms with Crippen LogP contribution >= 0.6 is 21.8 Å². The Morgan fingerprint density at radius 2 is 2.18 bits per heavy atom. The van der Waals surface area contributed by atoms with E-state index in [0.29, 0.717) is 25.1 Å². The van der Waals surface area contributed by atoms with Crippen LogP contribution in [0, 0.1) is 10.1 Å². The lowest BCUT2D eigenvalue weighted by Crippen LogP contribution is -2.35. The van der Waals surface area contributed by atoms with Gasteiger partial charge in [-0.3, -0.25) is 14.9 Å². The van der Waals surface area contributed by atoms with Crippen LogP contribution in [-0.4, -0.2) is 53.3 Å². The lowest BCUT2D eigenvalue weighted by atomic mass is 10.1. The van der Waals surface area contributed by atoms with Crippen LogP contribution in [0.5, 0.6) is 0 Å². The zero-order chi connectivity index (χ0) is 24.8. The van der Waals surface area contributed by atoms with E-state index in [2.05, 4.69) is 29.9 Å². The fourth-order valence-electron chi connectivity index (χ4n) is 3.02. The third-order valence-electron chi connectivity index (χ3n) is 4.86. The molecule has 34 heavy (non-hydrogen) atoms. The normalized spacial score (nSPS) is 11.6. The zero-order valence-electron chi connectivity index (χ0n) is 19.1. The van der Waals surface area contributed by atoms with E-state index in [1.54, 1.807) is 12.3 Å². The number of benzene rings is 1. The molecule has 0 saturated carbocycles. The monoisotopic (exact) mass is 504 g/mol. The molecule has 2 aromatic rings. The van der Waals surface area contributed by atoms with E-state index in [1.165, 1.54) is 33.9 Å². The predicted octanol–water partition coefficient (Wildman–Crippen LogP) is 5.35. The first-order valence-corrected chi connectivity index (χ1v) is 12.9. The largest absolute Gasteiger partial charge is 0.379 e. The Hall–Kier alpha value is -2.83. The van der Waals surface area contributed by atoms with E-state index in [-0.39, 0.29) is 23.2 Å². The standard InChI is InChI=1S/C21H28N8O3S2/c1-3-20(30)18(26-34-33-21-7-4-5-11-24-21)10-14-28(2)13-6-12-23-17-9-8-16(25-27-22)15-19(17)29(31)32/h4-5,7-9,11,15,18,23,26H,3,6,10,12-14H2,1-2H3. The van der Waals surface area contributed by atoms with Crippen molar-refractivity contribution in [3.8, 4) is 0 Å². The molecule has 0 spiro atoms. The van der Waals surface area contributed by atoms with Crippen LogP contribution in [0.4, 0.5) is 17.1 Å². The van der Waals surface area contributed by atoms with Crippen molar-refractivity contribution < 1.29 is 9.72 Å². The third kappa shape index (κ3) is 9.57. The summed E-state index contributed by atoms with van der Waals surface area (Å²) in [5.41, 5.74) is 8.94. The molecule has 0 fully saturated rings. The van der Waals surface area contributed by atoms with Crippen molar-refractivity contribution >= 4 is 44.6 Å². The number of nitro benzene ring substituents is 1. The molecule has 1 unspecified atom stereocenters. The number of pyridine rings is 1. The van der Waals surface area contributed by atoms with Crippen molar-refractivity contribution in [3.05, 3.63) is 63.2 Å². The van der Waals surface area contributed by atoms with Crippen molar-refractivity contribution in [2.45, 2.75) is 37.3 Å². The lowest BCUT2D eigenvalue weighted by molar-refractivity contribution is -0.383. The predicted molar refractivity (Wildman–Crippen MR) is 137 cm³/mol. The summed E-state index contributed by atoms with van der Waals surface area (Å²) in [6.45, 7) is 3.90. The topological polar surface area (TPSA) is 149 Å². The van der Waals surface area contributed by atoms with Gasteiger partial charge in [0.2, 0.25) is 0 Å². The number of hydrogen-bond acceptors (Lipinski definition) is 10. The Morgan fingerprint density at radius 3 is 2.85 bits per heavy atom. The van der Waals surface area contributed by atoms with Crippen LogP contribution in [0.1, 0.15) is 26.2 Å². The van der Waals surface area contributed by atoms with Gasteiger partial charge in [-0.2, -0.15) is 0 Å². The lowest BCUT2D eigenvalue weighted by Gasteiger charge is -2.21. The Bertz CT molecular complexity index is 989. The number of nitrogens with zero attached hydrogens (tertiary/aromatic N) is 6. The van der Waals surface area contributed by atoms with Crippen LogP contribution in [0.15, 0.2) is 52.7 Å². The zero-order valence-corrected chi connectivity index (χ0v) is 20.7. The molecule has 2 N–H and O–H groups in total. The van der Waals surface area contributed by atoms with Crippen LogP contribution in [0.2, 0.25) is 0 Å². The highest BCUT2D eigenvalue weighted by atomic mass is 33.1. The summed E-state index contributed by atoms with van der Waals surface area (Å²) < 4.78 is 3.25. The molecule has 182 valence electrons. The molecule has 1 atom stereocenters. The van der Waals surface area contributed by atoms with Gasteiger partial charge in [0, 0.05) is 35.8 Å². The number of nitro groups is 1. The first-order valence-electron chi connectivity index (χ1n) is 10.7. The van der Waals surface area contributed by atoms with Gasteiger partial charge >= 0.3 is 0 Å². The molecule has 1 heterocycles. The number of carbonyl (C=O) groups is 1. The quantitative estimate of drug-likeness (QED) is 0.0451. The number of carbonyl (C=O) groups excluding carboxylic acids is 1. The molecule has 1 aromatic heterocycles. The number of Topliss-reactive ketones (excluding diaryl/α,β-unsaturated/α-hetero) is 1. The second-order valence-electron chi connectivity index (χ2n) is 7.35. The minimum atomic E-state index is -0.507. The molecule has 0 saturated heterocycles. The van der Waals surface area contributed by atoms with Gasteiger partial charge in [-0.1, -0.05) is 24.2 Å². The maximum Gasteiger partial charge on any atom is 0.292 e. The first-order chi connectivity index (χ1) is 16.4. The van der Waals surface area contributed by atoms with Gasteiger partial charge in [0.15, 0.2) is 0 Å². The highest BCUT2D eigenvalue weighted by Crippen LogP contribution is 2.29. The van der Waals surface area contributed by atoms with Gasteiger partial charge in [-0.15, -0.1) is 0 Å². The Balaban J connectivity index is 1.75. The molecule has 1 aromatic carbocycles. The summed E-state index contributed by atoms with van der Waals surface area (Å²) >= 11 is 0. The molecule has 0 radical (unpaired) electrons. The molecule has 0 amide bonds. The van der Waals surface area contributed by atoms with Crippen LogP contribution in [0.3, 0.4) is 0 Å². The number of anilines is 1. The van der Waals surface area contributed by atoms with E-state index in [4.69, 9.17) is 5.53 Å². The minimum Gasteiger partial charge on any atom is -0.379 e.